The van der Waals surface area contributed by atoms with Gasteiger partial charge in [0.25, 0.3) is 0 Å². The normalized spacial score (nSPS) is 10.6. The van der Waals surface area contributed by atoms with Crippen LogP contribution in [0.4, 0.5) is 11.6 Å². The molecule has 0 bridgehead atoms. The molecule has 0 aliphatic rings. The van der Waals surface area contributed by atoms with Gasteiger partial charge in [0.15, 0.2) is 0 Å². The van der Waals surface area contributed by atoms with Crippen LogP contribution in [-0.2, 0) is 4.79 Å². The zero-order valence-corrected chi connectivity index (χ0v) is 10.5. The number of hydrogen-bond acceptors (Lipinski definition) is 4. The quantitative estimate of drug-likeness (QED) is 0.704. The smallest absolute Gasteiger partial charge is 0.223 e. The molecule has 0 saturated heterocycles. The first-order valence-electron chi connectivity index (χ1n) is 5.75. The fourth-order valence-electron chi connectivity index (χ4n) is 1.62. The highest BCUT2D eigenvalue weighted by atomic mass is 16.2. The van der Waals surface area contributed by atoms with Crippen molar-refractivity contribution in [2.24, 2.45) is 0 Å². The summed E-state index contributed by atoms with van der Waals surface area (Å²) in [4.78, 5) is 20.4. The molecule has 6 heteroatoms. The largest absolute Gasteiger partial charge is 0.399 e. The Kier molecular flexibility index (Phi) is 3.36. The maximum Gasteiger partial charge on any atom is 0.223 e. The van der Waals surface area contributed by atoms with E-state index >= 15 is 0 Å². The highest BCUT2D eigenvalue weighted by Gasteiger charge is 2.05. The number of nitrogen functional groups attached to an aromatic ring is 1. The van der Waals surface area contributed by atoms with Crippen LogP contribution in [0.25, 0.3) is 11.0 Å². The lowest BCUT2D eigenvalue weighted by Crippen LogP contribution is -2.24. The van der Waals surface area contributed by atoms with Gasteiger partial charge in [-0.1, -0.05) is 0 Å². The van der Waals surface area contributed by atoms with Crippen LogP contribution >= 0.6 is 0 Å². The lowest BCUT2D eigenvalue weighted by molar-refractivity contribution is -0.128. The average molecular weight is 247 g/mol. The van der Waals surface area contributed by atoms with Crippen molar-refractivity contribution in [2.75, 3.05) is 31.7 Å². The van der Waals surface area contributed by atoms with Crippen LogP contribution in [0.1, 0.15) is 6.42 Å². The lowest BCUT2D eigenvalue weighted by atomic mass is 10.3. The molecule has 0 saturated carbocycles. The summed E-state index contributed by atoms with van der Waals surface area (Å²) in [5, 5.41) is 3.08. The molecule has 6 nitrogen and oxygen atoms in total. The second-order valence-electron chi connectivity index (χ2n) is 4.33. The maximum absolute atomic E-state index is 11.4. The summed E-state index contributed by atoms with van der Waals surface area (Å²) in [7, 11) is 3.48. The van der Waals surface area contributed by atoms with Gasteiger partial charge < -0.3 is 20.9 Å². The van der Waals surface area contributed by atoms with Crippen molar-refractivity contribution in [1.29, 1.82) is 0 Å². The number of amides is 1. The fraction of sp³-hybridized carbons (Fsp3) is 0.333. The van der Waals surface area contributed by atoms with Crippen molar-refractivity contribution in [3.8, 4) is 0 Å². The summed E-state index contributed by atoms with van der Waals surface area (Å²) in [6, 6.07) is 5.50. The monoisotopic (exact) mass is 247 g/mol. The minimum atomic E-state index is 0.0860. The van der Waals surface area contributed by atoms with Gasteiger partial charge in [-0.05, 0) is 18.2 Å². The van der Waals surface area contributed by atoms with Crippen molar-refractivity contribution < 1.29 is 4.79 Å². The minimum absolute atomic E-state index is 0.0860. The van der Waals surface area contributed by atoms with Gasteiger partial charge in [-0.15, -0.1) is 0 Å². The van der Waals surface area contributed by atoms with Gasteiger partial charge in [-0.3, -0.25) is 4.79 Å². The first-order chi connectivity index (χ1) is 8.56. The lowest BCUT2D eigenvalue weighted by Gasteiger charge is -2.09. The summed E-state index contributed by atoms with van der Waals surface area (Å²) in [5.74, 6) is 0.741. The molecule has 0 unspecified atom stereocenters. The van der Waals surface area contributed by atoms with E-state index in [4.69, 9.17) is 5.73 Å². The van der Waals surface area contributed by atoms with Crippen LogP contribution in [0.5, 0.6) is 0 Å². The van der Waals surface area contributed by atoms with Crippen molar-refractivity contribution in [2.45, 2.75) is 6.42 Å². The van der Waals surface area contributed by atoms with Crippen LogP contribution in [0, 0.1) is 0 Å². The van der Waals surface area contributed by atoms with E-state index in [1.54, 1.807) is 19.0 Å². The number of nitrogens with one attached hydrogen (secondary N) is 2. The fourth-order valence-corrected chi connectivity index (χ4v) is 1.62. The first kappa shape index (κ1) is 12.2. The number of H-pyrrole nitrogens is 1. The van der Waals surface area contributed by atoms with Crippen LogP contribution in [-0.4, -0.2) is 41.4 Å². The Morgan fingerprint density at radius 2 is 2.28 bits per heavy atom. The van der Waals surface area contributed by atoms with E-state index in [-0.39, 0.29) is 5.91 Å². The Bertz CT molecular complexity index is 561. The second kappa shape index (κ2) is 4.95. The Hall–Kier alpha value is -2.24. The number of rotatable bonds is 4. The number of anilines is 2. The van der Waals surface area contributed by atoms with Crippen LogP contribution in [0.3, 0.4) is 0 Å². The molecule has 2 rings (SSSR count). The summed E-state index contributed by atoms with van der Waals surface area (Å²) in [6.45, 7) is 0.548. The molecule has 0 radical (unpaired) electrons. The van der Waals surface area contributed by atoms with Crippen LogP contribution in [0.15, 0.2) is 18.2 Å². The summed E-state index contributed by atoms with van der Waals surface area (Å²) >= 11 is 0. The molecule has 1 heterocycles. The van der Waals surface area contributed by atoms with E-state index < -0.39 is 0 Å². The summed E-state index contributed by atoms with van der Waals surface area (Å²) < 4.78 is 0. The minimum Gasteiger partial charge on any atom is -0.399 e. The SMILES string of the molecule is CN(C)C(=O)CCNc1nc2ccc(N)cc2[nH]1. The highest BCUT2D eigenvalue weighted by Crippen LogP contribution is 2.16. The van der Waals surface area contributed by atoms with E-state index in [2.05, 4.69) is 15.3 Å². The van der Waals surface area contributed by atoms with E-state index in [9.17, 15) is 4.79 Å². The van der Waals surface area contributed by atoms with E-state index in [0.29, 0.717) is 24.6 Å². The van der Waals surface area contributed by atoms with Gasteiger partial charge in [0.2, 0.25) is 11.9 Å². The first-order valence-corrected chi connectivity index (χ1v) is 5.75. The third kappa shape index (κ3) is 2.71. The zero-order valence-electron chi connectivity index (χ0n) is 10.5. The van der Waals surface area contributed by atoms with Crippen molar-refractivity contribution in [1.82, 2.24) is 14.9 Å². The number of fused-ring (bicyclic) bond motifs is 1. The van der Waals surface area contributed by atoms with E-state index in [1.807, 2.05) is 18.2 Å². The number of aromatic nitrogens is 2. The van der Waals surface area contributed by atoms with Gasteiger partial charge in [-0.25, -0.2) is 4.98 Å². The molecular weight excluding hydrogens is 230 g/mol. The molecule has 0 aliphatic carbocycles. The molecule has 1 aromatic carbocycles. The number of hydrogen-bond donors (Lipinski definition) is 3. The van der Waals surface area contributed by atoms with Gasteiger partial charge in [0, 0.05) is 32.7 Å². The number of nitrogens with zero attached hydrogens (tertiary/aromatic N) is 2. The molecule has 0 atom stereocenters. The van der Waals surface area contributed by atoms with E-state index in [1.165, 1.54) is 0 Å². The van der Waals surface area contributed by atoms with Crippen LogP contribution < -0.4 is 11.1 Å². The topological polar surface area (TPSA) is 87.0 Å². The molecule has 1 aromatic heterocycles. The standard InChI is InChI=1S/C12H17N5O/c1-17(2)11(18)5-6-14-12-15-9-4-3-8(13)7-10(9)16-12/h3-4,7H,5-6,13H2,1-2H3,(H2,14,15,16). The molecule has 4 N–H and O–H groups in total. The van der Waals surface area contributed by atoms with Crippen LogP contribution in [0.2, 0.25) is 0 Å². The Morgan fingerprint density at radius 3 is 3.00 bits per heavy atom. The van der Waals surface area contributed by atoms with Crippen molar-refractivity contribution in [3.63, 3.8) is 0 Å². The Labute approximate surface area is 105 Å². The molecule has 2 aromatic rings. The molecular formula is C12H17N5O. The van der Waals surface area contributed by atoms with Gasteiger partial charge in [0.05, 0.1) is 11.0 Å². The zero-order chi connectivity index (χ0) is 13.1. The molecule has 0 spiro atoms. The highest BCUT2D eigenvalue weighted by molar-refractivity contribution is 5.81. The molecule has 96 valence electrons. The number of aromatic amines is 1. The Morgan fingerprint density at radius 1 is 1.50 bits per heavy atom. The van der Waals surface area contributed by atoms with Gasteiger partial charge >= 0.3 is 0 Å². The van der Waals surface area contributed by atoms with Gasteiger partial charge in [0.1, 0.15) is 0 Å². The molecule has 0 fully saturated rings. The number of carbonyl (C=O) groups excluding carboxylic acids is 1. The number of imidazole rings is 1. The number of carbonyl (C=O) groups is 1. The summed E-state index contributed by atoms with van der Waals surface area (Å²) in [6.07, 6.45) is 0.437. The van der Waals surface area contributed by atoms with E-state index in [0.717, 1.165) is 11.0 Å². The third-order valence-electron chi connectivity index (χ3n) is 2.64. The third-order valence-corrected chi connectivity index (χ3v) is 2.64. The predicted molar refractivity (Wildman–Crippen MR) is 72.3 cm³/mol. The van der Waals surface area contributed by atoms with Crippen molar-refractivity contribution >= 4 is 28.6 Å². The Balaban J connectivity index is 1.98. The van der Waals surface area contributed by atoms with Gasteiger partial charge in [-0.2, -0.15) is 0 Å². The molecule has 18 heavy (non-hydrogen) atoms. The molecule has 1 amide bonds. The maximum atomic E-state index is 11.4. The van der Waals surface area contributed by atoms with Crippen molar-refractivity contribution in [3.05, 3.63) is 18.2 Å². The average Bonchev–Trinajstić information content (AvgIpc) is 2.70. The number of benzene rings is 1. The predicted octanol–water partition coefficient (Wildman–Crippen LogP) is 1.04. The molecule has 0 aliphatic heterocycles. The second-order valence-corrected chi connectivity index (χ2v) is 4.33. The summed E-state index contributed by atoms with van der Waals surface area (Å²) in [5.41, 5.74) is 8.12. The number of nitrogens with two attached hydrogens (primary N) is 1.